The zero-order valence-corrected chi connectivity index (χ0v) is 13.1. The van der Waals surface area contributed by atoms with E-state index in [1.54, 1.807) is 31.5 Å². The van der Waals surface area contributed by atoms with Gasteiger partial charge in [-0.15, -0.1) is 0 Å². The van der Waals surface area contributed by atoms with Gasteiger partial charge in [0.2, 0.25) is 5.88 Å². The van der Waals surface area contributed by atoms with E-state index in [2.05, 4.69) is 15.3 Å². The molecular weight excluding hydrogens is 316 g/mol. The number of aryl methyl sites for hydroxylation is 1. The van der Waals surface area contributed by atoms with Crippen LogP contribution in [0.1, 0.15) is 5.56 Å². The molecule has 2 aromatic heterocycles. The first-order valence-electron chi connectivity index (χ1n) is 7.21. The molecule has 0 radical (unpaired) electrons. The Bertz CT molecular complexity index is 906. The maximum Gasteiger partial charge on any atom is 0.315 e. The number of hydrogen-bond donors (Lipinski definition) is 2. The summed E-state index contributed by atoms with van der Waals surface area (Å²) in [6, 6.07) is 8.72. The minimum absolute atomic E-state index is 0.302. The first kappa shape index (κ1) is 15.9. The van der Waals surface area contributed by atoms with Crippen molar-refractivity contribution in [2.24, 2.45) is 0 Å². The van der Waals surface area contributed by atoms with Gasteiger partial charge in [-0.05, 0) is 36.8 Å². The highest BCUT2D eigenvalue weighted by atomic mass is 19.3. The molecule has 0 fully saturated rings. The van der Waals surface area contributed by atoms with E-state index in [9.17, 15) is 13.6 Å². The Kier molecular flexibility index (Phi) is 4.16. The van der Waals surface area contributed by atoms with Crippen molar-refractivity contribution in [2.45, 2.75) is 13.3 Å². The lowest BCUT2D eigenvalue weighted by molar-refractivity contribution is -0.126. The van der Waals surface area contributed by atoms with Crippen LogP contribution < -0.4 is 10.1 Å². The number of ether oxygens (including phenoxy) is 1. The summed E-state index contributed by atoms with van der Waals surface area (Å²) in [7, 11) is 1.55. The molecule has 0 aliphatic carbocycles. The van der Waals surface area contributed by atoms with Gasteiger partial charge in [-0.1, -0.05) is 6.07 Å². The van der Waals surface area contributed by atoms with Crippen molar-refractivity contribution in [1.29, 1.82) is 0 Å². The fourth-order valence-corrected chi connectivity index (χ4v) is 2.55. The van der Waals surface area contributed by atoms with Crippen LogP contribution in [0, 0.1) is 6.92 Å². The number of alkyl halides is 2. The van der Waals surface area contributed by atoms with Gasteiger partial charge < -0.3 is 15.0 Å². The van der Waals surface area contributed by atoms with E-state index in [0.29, 0.717) is 17.1 Å². The average molecular weight is 331 g/mol. The van der Waals surface area contributed by atoms with Crippen molar-refractivity contribution in [2.75, 3.05) is 12.4 Å². The number of halogens is 2. The summed E-state index contributed by atoms with van der Waals surface area (Å²) < 4.78 is 30.0. The van der Waals surface area contributed by atoms with Crippen LogP contribution >= 0.6 is 0 Å². The van der Waals surface area contributed by atoms with Crippen LogP contribution in [0.4, 0.5) is 14.5 Å². The highest BCUT2D eigenvalue weighted by molar-refractivity contribution is 5.96. The van der Waals surface area contributed by atoms with E-state index < -0.39 is 12.3 Å². The van der Waals surface area contributed by atoms with Gasteiger partial charge >= 0.3 is 6.43 Å². The van der Waals surface area contributed by atoms with Gasteiger partial charge in [0.1, 0.15) is 0 Å². The fraction of sp³-hybridized carbons (Fsp3) is 0.176. The molecule has 0 spiro atoms. The molecule has 2 N–H and O–H groups in total. The minimum Gasteiger partial charge on any atom is -0.480 e. The topological polar surface area (TPSA) is 67.0 Å². The van der Waals surface area contributed by atoms with Crippen LogP contribution in [0.3, 0.4) is 0 Å². The molecule has 2 heterocycles. The molecular formula is C17H15F2N3O2. The highest BCUT2D eigenvalue weighted by Crippen LogP contribution is 2.33. The van der Waals surface area contributed by atoms with E-state index in [0.717, 1.165) is 22.2 Å². The number of carbonyl (C=O) groups is 1. The van der Waals surface area contributed by atoms with Crippen LogP contribution in [0.2, 0.25) is 0 Å². The maximum absolute atomic E-state index is 12.3. The van der Waals surface area contributed by atoms with E-state index in [-0.39, 0.29) is 0 Å². The molecule has 5 nitrogen and oxygen atoms in total. The van der Waals surface area contributed by atoms with Gasteiger partial charge in [0.15, 0.2) is 0 Å². The molecule has 124 valence electrons. The number of H-pyrrole nitrogens is 1. The number of anilines is 1. The van der Waals surface area contributed by atoms with Crippen LogP contribution in [0.25, 0.3) is 22.2 Å². The lowest BCUT2D eigenvalue weighted by Gasteiger charge is -2.08. The molecule has 0 unspecified atom stereocenters. The third-order valence-electron chi connectivity index (χ3n) is 3.68. The number of rotatable bonds is 4. The molecule has 1 aromatic carbocycles. The van der Waals surface area contributed by atoms with Crippen LogP contribution in [-0.2, 0) is 4.79 Å². The van der Waals surface area contributed by atoms with Crippen LogP contribution in [0.15, 0.2) is 36.5 Å². The predicted molar refractivity (Wildman–Crippen MR) is 87.5 cm³/mol. The Balaban J connectivity index is 2.02. The number of fused-ring (bicyclic) bond motifs is 1. The normalized spacial score (nSPS) is 11.0. The molecule has 0 bridgehead atoms. The molecule has 0 aliphatic heterocycles. The van der Waals surface area contributed by atoms with Gasteiger partial charge in [-0.3, -0.25) is 4.79 Å². The Morgan fingerprint density at radius 2 is 2.08 bits per heavy atom. The predicted octanol–water partition coefficient (Wildman–Crippen LogP) is 3.75. The number of aromatic nitrogens is 2. The number of benzene rings is 1. The molecule has 7 heteroatoms. The van der Waals surface area contributed by atoms with Crippen LogP contribution in [-0.4, -0.2) is 29.4 Å². The summed E-state index contributed by atoms with van der Waals surface area (Å²) in [4.78, 5) is 18.5. The zero-order chi connectivity index (χ0) is 17.3. The van der Waals surface area contributed by atoms with Crippen molar-refractivity contribution in [1.82, 2.24) is 9.97 Å². The smallest absolute Gasteiger partial charge is 0.315 e. The third kappa shape index (κ3) is 2.92. The second-order valence-electron chi connectivity index (χ2n) is 5.29. The average Bonchev–Trinajstić information content (AvgIpc) is 2.96. The first-order valence-corrected chi connectivity index (χ1v) is 7.21. The quantitative estimate of drug-likeness (QED) is 0.765. The van der Waals surface area contributed by atoms with E-state index >= 15 is 0 Å². The first-order chi connectivity index (χ1) is 11.5. The van der Waals surface area contributed by atoms with Crippen molar-refractivity contribution < 1.29 is 18.3 Å². The Morgan fingerprint density at radius 1 is 1.29 bits per heavy atom. The Hall–Kier alpha value is -2.96. The van der Waals surface area contributed by atoms with Gasteiger partial charge in [-0.25, -0.2) is 4.98 Å². The van der Waals surface area contributed by atoms with Gasteiger partial charge in [0, 0.05) is 22.8 Å². The monoisotopic (exact) mass is 331 g/mol. The summed E-state index contributed by atoms with van der Waals surface area (Å²) in [5.41, 5.74) is 3.62. The summed E-state index contributed by atoms with van der Waals surface area (Å²) in [6.45, 7) is 1.94. The van der Waals surface area contributed by atoms with E-state index in [4.69, 9.17) is 4.74 Å². The number of nitrogens with one attached hydrogen (secondary N) is 2. The van der Waals surface area contributed by atoms with E-state index in [1.807, 2.05) is 19.1 Å². The maximum atomic E-state index is 12.3. The number of aromatic amines is 1. The largest absolute Gasteiger partial charge is 0.480 e. The lowest BCUT2D eigenvalue weighted by Crippen LogP contribution is -2.19. The third-order valence-corrected chi connectivity index (χ3v) is 3.68. The number of hydrogen-bond acceptors (Lipinski definition) is 3. The standard InChI is InChI=1S/C17H15F2N3O2/c1-9-5-6-20-17(24-2)14(9)13-7-10-3-4-11(8-12(10)22-13)21-16(23)15(18)19/h3-8,15,22H,1-2H3,(H,21,23). The molecule has 1 amide bonds. The van der Waals surface area contributed by atoms with Crippen molar-refractivity contribution >= 4 is 22.5 Å². The number of pyridine rings is 1. The minimum atomic E-state index is -3.05. The molecule has 0 saturated carbocycles. The number of nitrogens with zero attached hydrogens (tertiary/aromatic N) is 1. The fourth-order valence-electron chi connectivity index (χ4n) is 2.55. The highest BCUT2D eigenvalue weighted by Gasteiger charge is 2.16. The van der Waals surface area contributed by atoms with E-state index in [1.165, 1.54) is 0 Å². The second-order valence-corrected chi connectivity index (χ2v) is 5.29. The van der Waals surface area contributed by atoms with Crippen molar-refractivity contribution in [3.63, 3.8) is 0 Å². The summed E-state index contributed by atoms with van der Waals surface area (Å²) in [5, 5.41) is 3.05. The second kappa shape index (κ2) is 6.27. The Labute approximate surface area is 136 Å². The van der Waals surface area contributed by atoms with Gasteiger partial charge in [0.25, 0.3) is 5.91 Å². The Morgan fingerprint density at radius 3 is 2.79 bits per heavy atom. The van der Waals surface area contributed by atoms with Gasteiger partial charge in [-0.2, -0.15) is 8.78 Å². The molecule has 0 saturated heterocycles. The van der Waals surface area contributed by atoms with Crippen molar-refractivity contribution in [3.8, 4) is 17.1 Å². The zero-order valence-electron chi connectivity index (χ0n) is 13.1. The van der Waals surface area contributed by atoms with Gasteiger partial charge in [0.05, 0.1) is 18.4 Å². The molecule has 0 aliphatic rings. The molecule has 3 aromatic rings. The SMILES string of the molecule is COc1nccc(C)c1-c1cc2ccc(NC(=O)C(F)F)cc2[nH]1. The summed E-state index contributed by atoms with van der Waals surface area (Å²) in [6.07, 6.45) is -1.39. The number of amides is 1. The van der Waals surface area contributed by atoms with Crippen LogP contribution in [0.5, 0.6) is 5.88 Å². The summed E-state index contributed by atoms with van der Waals surface area (Å²) >= 11 is 0. The molecule has 24 heavy (non-hydrogen) atoms. The van der Waals surface area contributed by atoms with Crippen molar-refractivity contribution in [3.05, 3.63) is 42.1 Å². The molecule has 3 rings (SSSR count). The lowest BCUT2D eigenvalue weighted by atomic mass is 10.1. The number of carbonyl (C=O) groups excluding carboxylic acids is 1. The number of methoxy groups -OCH3 is 1. The summed E-state index contributed by atoms with van der Waals surface area (Å²) in [5.74, 6) is -0.835. The molecule has 0 atom stereocenters.